The molecule has 0 atom stereocenters. The van der Waals surface area contributed by atoms with Crippen LogP contribution in [0.2, 0.25) is 0 Å². The van der Waals surface area contributed by atoms with Crippen LogP contribution in [0.1, 0.15) is 23.7 Å². The molecule has 1 aromatic rings. The van der Waals surface area contributed by atoms with E-state index in [1.54, 1.807) is 17.8 Å². The fraction of sp³-hybridized carbons (Fsp3) is 0.300. The van der Waals surface area contributed by atoms with Gasteiger partial charge >= 0.3 is 0 Å². The van der Waals surface area contributed by atoms with Gasteiger partial charge in [0.2, 0.25) is 5.91 Å². The molecule has 13 heavy (non-hydrogen) atoms. The third-order valence-electron chi connectivity index (χ3n) is 1.61. The minimum Gasteiger partial charge on any atom is -0.366 e. The Balaban J connectivity index is 2.84. The van der Waals surface area contributed by atoms with E-state index >= 15 is 0 Å². The lowest BCUT2D eigenvalue weighted by atomic mass is 10.2. The molecule has 2 nitrogen and oxygen atoms in total. The number of carbonyl (C=O) groups is 1. The van der Waals surface area contributed by atoms with Gasteiger partial charge in [-0.05, 0) is 24.3 Å². The smallest absolute Gasteiger partial charge is 0.249 e. The topological polar surface area (TPSA) is 43.1 Å². The zero-order valence-corrected chi connectivity index (χ0v) is 8.43. The van der Waals surface area contributed by atoms with Crippen molar-refractivity contribution in [2.24, 2.45) is 5.73 Å². The summed E-state index contributed by atoms with van der Waals surface area (Å²) in [6.45, 7) is 2.11. The Labute approximate surface area is 82.5 Å². The molecule has 1 rings (SSSR count). The minimum atomic E-state index is -0.348. The number of hydrogen-bond donors (Lipinski definition) is 1. The van der Waals surface area contributed by atoms with Crippen LogP contribution in [0.5, 0.6) is 0 Å². The maximum absolute atomic E-state index is 11.0. The van der Waals surface area contributed by atoms with Gasteiger partial charge in [-0.2, -0.15) is 0 Å². The van der Waals surface area contributed by atoms with Crippen molar-refractivity contribution in [3.8, 4) is 0 Å². The quantitative estimate of drug-likeness (QED) is 0.749. The van der Waals surface area contributed by atoms with Crippen molar-refractivity contribution in [2.45, 2.75) is 18.2 Å². The molecule has 0 aromatic heterocycles. The van der Waals surface area contributed by atoms with Crippen molar-refractivity contribution in [3.63, 3.8) is 0 Å². The molecule has 0 heterocycles. The predicted octanol–water partition coefficient (Wildman–Crippen LogP) is 2.29. The molecule has 0 aliphatic carbocycles. The van der Waals surface area contributed by atoms with Gasteiger partial charge in [0, 0.05) is 4.90 Å². The van der Waals surface area contributed by atoms with E-state index in [9.17, 15) is 4.79 Å². The van der Waals surface area contributed by atoms with Crippen LogP contribution in [0.3, 0.4) is 0 Å². The Morgan fingerprint density at radius 2 is 2.15 bits per heavy atom. The van der Waals surface area contributed by atoms with Crippen LogP contribution in [-0.4, -0.2) is 11.7 Å². The van der Waals surface area contributed by atoms with Gasteiger partial charge < -0.3 is 5.73 Å². The van der Waals surface area contributed by atoms with Crippen LogP contribution in [0.25, 0.3) is 0 Å². The highest BCUT2D eigenvalue weighted by molar-refractivity contribution is 7.99. The summed E-state index contributed by atoms with van der Waals surface area (Å²) in [6, 6.07) is 7.45. The molecule has 1 amide bonds. The van der Waals surface area contributed by atoms with Crippen molar-refractivity contribution in [2.75, 3.05) is 5.75 Å². The molecule has 0 aliphatic heterocycles. The van der Waals surface area contributed by atoms with E-state index in [4.69, 9.17) is 5.73 Å². The SMILES string of the molecule is CCCSc1ccccc1C(N)=O. The molecule has 1 aromatic carbocycles. The Bertz CT molecular complexity index is 299. The van der Waals surface area contributed by atoms with Crippen LogP contribution in [0, 0.1) is 0 Å². The van der Waals surface area contributed by atoms with Crippen LogP contribution >= 0.6 is 11.8 Å². The number of carbonyl (C=O) groups excluding carboxylic acids is 1. The summed E-state index contributed by atoms with van der Waals surface area (Å²) in [5.74, 6) is 0.670. The number of hydrogen-bond acceptors (Lipinski definition) is 2. The Morgan fingerprint density at radius 3 is 2.77 bits per heavy atom. The summed E-state index contributed by atoms with van der Waals surface area (Å²) in [5, 5.41) is 0. The number of thioether (sulfide) groups is 1. The van der Waals surface area contributed by atoms with Crippen molar-refractivity contribution in [1.82, 2.24) is 0 Å². The summed E-state index contributed by atoms with van der Waals surface area (Å²) in [4.78, 5) is 12.0. The fourth-order valence-electron chi connectivity index (χ4n) is 1.01. The monoisotopic (exact) mass is 195 g/mol. The van der Waals surface area contributed by atoms with E-state index in [0.29, 0.717) is 5.56 Å². The lowest BCUT2D eigenvalue weighted by Gasteiger charge is -2.04. The average Bonchev–Trinajstić information content (AvgIpc) is 2.15. The lowest BCUT2D eigenvalue weighted by Crippen LogP contribution is -2.11. The van der Waals surface area contributed by atoms with Gasteiger partial charge in [0.1, 0.15) is 0 Å². The van der Waals surface area contributed by atoms with Crippen molar-refractivity contribution in [3.05, 3.63) is 29.8 Å². The second kappa shape index (κ2) is 4.92. The summed E-state index contributed by atoms with van der Waals surface area (Å²) in [7, 11) is 0. The molecular weight excluding hydrogens is 182 g/mol. The molecule has 0 fully saturated rings. The van der Waals surface area contributed by atoms with Crippen molar-refractivity contribution < 1.29 is 4.79 Å². The van der Waals surface area contributed by atoms with Gasteiger partial charge in [0.15, 0.2) is 0 Å². The molecule has 3 heteroatoms. The summed E-state index contributed by atoms with van der Waals surface area (Å²) in [6.07, 6.45) is 1.10. The van der Waals surface area contributed by atoms with Crippen LogP contribution in [0.4, 0.5) is 0 Å². The molecule has 2 N–H and O–H groups in total. The highest BCUT2D eigenvalue weighted by atomic mass is 32.2. The minimum absolute atomic E-state index is 0.348. The van der Waals surface area contributed by atoms with E-state index < -0.39 is 0 Å². The van der Waals surface area contributed by atoms with Crippen molar-refractivity contribution >= 4 is 17.7 Å². The Morgan fingerprint density at radius 1 is 1.46 bits per heavy atom. The second-order valence-corrected chi connectivity index (χ2v) is 3.85. The number of nitrogens with two attached hydrogens (primary N) is 1. The standard InChI is InChI=1S/C10H13NOS/c1-2-7-13-9-6-4-3-5-8(9)10(11)12/h3-6H,2,7H2,1H3,(H2,11,12). The van der Waals surface area contributed by atoms with Gasteiger partial charge in [-0.1, -0.05) is 19.1 Å². The normalized spacial score (nSPS) is 9.92. The highest BCUT2D eigenvalue weighted by Gasteiger charge is 2.05. The van der Waals surface area contributed by atoms with Gasteiger partial charge in [-0.3, -0.25) is 4.79 Å². The molecule has 0 radical (unpaired) electrons. The van der Waals surface area contributed by atoms with Crippen LogP contribution < -0.4 is 5.73 Å². The second-order valence-electron chi connectivity index (χ2n) is 2.71. The third-order valence-corrected chi connectivity index (χ3v) is 2.89. The van der Waals surface area contributed by atoms with E-state index in [1.165, 1.54) is 0 Å². The molecule has 0 unspecified atom stereocenters. The number of benzene rings is 1. The summed E-state index contributed by atoms with van der Waals surface area (Å²) in [5.41, 5.74) is 5.86. The molecule has 0 saturated heterocycles. The van der Waals surface area contributed by atoms with Crippen LogP contribution in [-0.2, 0) is 0 Å². The zero-order valence-electron chi connectivity index (χ0n) is 7.62. The number of rotatable bonds is 4. The Hall–Kier alpha value is -0.960. The van der Waals surface area contributed by atoms with Crippen molar-refractivity contribution in [1.29, 1.82) is 0 Å². The fourth-order valence-corrected chi connectivity index (χ4v) is 1.93. The van der Waals surface area contributed by atoms with E-state index in [2.05, 4.69) is 6.92 Å². The first-order valence-electron chi connectivity index (χ1n) is 4.27. The molecule has 0 saturated carbocycles. The first kappa shape index (κ1) is 10.1. The van der Waals surface area contributed by atoms with E-state index in [1.807, 2.05) is 18.2 Å². The zero-order chi connectivity index (χ0) is 9.68. The predicted molar refractivity (Wildman–Crippen MR) is 56.0 cm³/mol. The molecule has 0 aliphatic rings. The number of amides is 1. The maximum atomic E-state index is 11.0. The molecule has 0 bridgehead atoms. The molecule has 0 spiro atoms. The van der Waals surface area contributed by atoms with Gasteiger partial charge in [-0.25, -0.2) is 0 Å². The first-order chi connectivity index (χ1) is 6.25. The summed E-state index contributed by atoms with van der Waals surface area (Å²) >= 11 is 1.67. The first-order valence-corrected chi connectivity index (χ1v) is 5.26. The lowest BCUT2D eigenvalue weighted by molar-refractivity contribution is 0.0997. The largest absolute Gasteiger partial charge is 0.366 e. The van der Waals surface area contributed by atoms with Crippen LogP contribution in [0.15, 0.2) is 29.2 Å². The summed E-state index contributed by atoms with van der Waals surface area (Å²) < 4.78 is 0. The van der Waals surface area contributed by atoms with Gasteiger partial charge in [0.25, 0.3) is 0 Å². The Kier molecular flexibility index (Phi) is 3.83. The molecule has 70 valence electrons. The highest BCUT2D eigenvalue weighted by Crippen LogP contribution is 2.22. The van der Waals surface area contributed by atoms with Gasteiger partial charge in [-0.15, -0.1) is 11.8 Å². The van der Waals surface area contributed by atoms with E-state index in [-0.39, 0.29) is 5.91 Å². The molecular formula is C10H13NOS. The average molecular weight is 195 g/mol. The van der Waals surface area contributed by atoms with Gasteiger partial charge in [0.05, 0.1) is 5.56 Å². The number of primary amides is 1. The van der Waals surface area contributed by atoms with E-state index in [0.717, 1.165) is 17.1 Å². The maximum Gasteiger partial charge on any atom is 0.249 e. The third kappa shape index (κ3) is 2.77.